The van der Waals surface area contributed by atoms with Gasteiger partial charge in [0.15, 0.2) is 6.17 Å². The molecule has 2 heterocycles. The smallest absolute Gasteiger partial charge is 0.321 e. The van der Waals surface area contributed by atoms with Crippen LogP contribution in [0.2, 0.25) is 0 Å². The molecule has 0 unspecified atom stereocenters. The van der Waals surface area contributed by atoms with Gasteiger partial charge in [-0.05, 0) is 30.2 Å². The summed E-state index contributed by atoms with van der Waals surface area (Å²) in [6.07, 6.45) is -0.247. The van der Waals surface area contributed by atoms with Crippen LogP contribution < -0.4 is 10.0 Å². The number of rotatable bonds is 8. The zero-order chi connectivity index (χ0) is 23.0. The van der Waals surface area contributed by atoms with Gasteiger partial charge in [-0.15, -0.1) is 0 Å². The summed E-state index contributed by atoms with van der Waals surface area (Å²) in [4.78, 5) is 23.8. The van der Waals surface area contributed by atoms with Crippen molar-refractivity contribution in [1.82, 2.24) is 18.3 Å². The first-order valence-electron chi connectivity index (χ1n) is 9.24. The molecule has 3 rings (SSSR count). The van der Waals surface area contributed by atoms with Crippen LogP contribution in [-0.2, 0) is 36.4 Å². The fraction of sp³-hybridized carbons (Fsp3) is 0.333. The van der Waals surface area contributed by atoms with Crippen LogP contribution in [0.25, 0.3) is 0 Å². The molecule has 0 radical (unpaired) electrons. The Labute approximate surface area is 179 Å². The first-order valence-corrected chi connectivity index (χ1v) is 12.1. The Morgan fingerprint density at radius 2 is 1.84 bits per heavy atom. The van der Waals surface area contributed by atoms with Crippen molar-refractivity contribution in [2.24, 2.45) is 5.92 Å². The van der Waals surface area contributed by atoms with Crippen molar-refractivity contribution in [3.8, 4) is 0 Å². The third-order valence-corrected chi connectivity index (χ3v) is 7.91. The second-order valence-corrected chi connectivity index (χ2v) is 10.7. The molecular formula is C18H22N4O7S2. The monoisotopic (exact) mass is 470 g/mol. The largest absolute Gasteiger partial charge is 0.480 e. The summed E-state index contributed by atoms with van der Waals surface area (Å²) in [5.74, 6) is -2.64. The molecule has 2 aromatic rings. The van der Waals surface area contributed by atoms with Crippen LogP contribution in [0, 0.1) is 5.92 Å². The molecule has 2 atom stereocenters. The van der Waals surface area contributed by atoms with Crippen LogP contribution in [0.1, 0.15) is 19.5 Å². The van der Waals surface area contributed by atoms with E-state index in [0.29, 0.717) is 4.31 Å². The number of benzene rings is 1. The molecule has 1 saturated heterocycles. The Morgan fingerprint density at radius 3 is 2.42 bits per heavy atom. The van der Waals surface area contributed by atoms with E-state index in [9.17, 15) is 31.5 Å². The van der Waals surface area contributed by atoms with E-state index in [1.807, 2.05) is 4.72 Å². The molecule has 1 fully saturated rings. The molecule has 1 aromatic carbocycles. The number of hydrogen-bond donors (Lipinski definition) is 3. The Kier molecular flexibility index (Phi) is 6.23. The Morgan fingerprint density at radius 1 is 1.19 bits per heavy atom. The average Bonchev–Trinajstić information content (AvgIpc) is 3.23. The molecule has 0 bridgehead atoms. The van der Waals surface area contributed by atoms with E-state index < -0.39 is 56.8 Å². The number of aliphatic carboxylic acids is 1. The molecule has 1 amide bonds. The summed E-state index contributed by atoms with van der Waals surface area (Å²) < 4.78 is 54.4. The maximum absolute atomic E-state index is 13.0. The molecule has 0 aliphatic carbocycles. The van der Waals surface area contributed by atoms with Crippen molar-refractivity contribution in [3.63, 3.8) is 0 Å². The minimum Gasteiger partial charge on any atom is -0.480 e. The molecule has 168 valence electrons. The lowest BCUT2D eigenvalue weighted by Gasteiger charge is -2.26. The number of aromatic nitrogens is 1. The molecule has 1 aliphatic rings. The van der Waals surface area contributed by atoms with Crippen LogP contribution >= 0.6 is 0 Å². The van der Waals surface area contributed by atoms with Gasteiger partial charge in [0.25, 0.3) is 15.9 Å². The third-order valence-electron chi connectivity index (χ3n) is 4.76. The predicted molar refractivity (Wildman–Crippen MR) is 109 cm³/mol. The second kappa shape index (κ2) is 8.42. The van der Waals surface area contributed by atoms with E-state index in [2.05, 4.69) is 5.32 Å². The molecular weight excluding hydrogens is 448 g/mol. The Bertz CT molecular complexity index is 1190. The summed E-state index contributed by atoms with van der Waals surface area (Å²) in [5.41, 5.74) is 0.0761. The summed E-state index contributed by atoms with van der Waals surface area (Å²) in [6.45, 7) is 2.73. The van der Waals surface area contributed by atoms with Gasteiger partial charge < -0.3 is 5.11 Å². The molecule has 0 saturated carbocycles. The zero-order valence-corrected chi connectivity index (χ0v) is 18.3. The lowest BCUT2D eigenvalue weighted by Crippen LogP contribution is -2.54. The van der Waals surface area contributed by atoms with Crippen LogP contribution in [0.4, 0.5) is 0 Å². The molecule has 3 N–H and O–H groups in total. The zero-order valence-electron chi connectivity index (χ0n) is 16.7. The number of nitrogens with zero attached hydrogens (tertiary/aromatic N) is 2. The standard InChI is InChI=1S/C18H22N4O7S2/c1-12(2)15(18(24)25)19-16-17(23)20-31(28,29)22(16)11-13-7-6-10-21(13)30(26,27)14-8-4-3-5-9-14/h3-10,12,15-16,19H,11H2,1-2H3,(H,20,23)(H,24,25)/t15-,16+/m0/s1. The van der Waals surface area contributed by atoms with E-state index in [4.69, 9.17) is 0 Å². The number of nitrogens with one attached hydrogen (secondary N) is 2. The van der Waals surface area contributed by atoms with Crippen LogP contribution in [-0.4, -0.2) is 54.3 Å². The lowest BCUT2D eigenvalue weighted by atomic mass is 10.0. The third kappa shape index (κ3) is 4.49. The van der Waals surface area contributed by atoms with E-state index in [-0.39, 0.29) is 10.6 Å². The molecule has 0 spiro atoms. The fourth-order valence-corrected chi connectivity index (χ4v) is 5.79. The van der Waals surface area contributed by atoms with Gasteiger partial charge in [-0.2, -0.15) is 12.7 Å². The highest BCUT2D eigenvalue weighted by molar-refractivity contribution is 7.90. The highest BCUT2D eigenvalue weighted by Gasteiger charge is 2.46. The van der Waals surface area contributed by atoms with Gasteiger partial charge in [0.1, 0.15) is 6.04 Å². The number of amides is 1. The first kappa shape index (κ1) is 22.9. The van der Waals surface area contributed by atoms with E-state index in [0.717, 1.165) is 3.97 Å². The van der Waals surface area contributed by atoms with Gasteiger partial charge in [0.2, 0.25) is 0 Å². The summed E-state index contributed by atoms with van der Waals surface area (Å²) >= 11 is 0. The fourth-order valence-electron chi connectivity index (χ4n) is 3.19. The van der Waals surface area contributed by atoms with Crippen LogP contribution in [0.3, 0.4) is 0 Å². The van der Waals surface area contributed by atoms with Gasteiger partial charge in [-0.25, -0.2) is 17.1 Å². The molecule has 1 aliphatic heterocycles. The number of carboxylic acids is 1. The first-order chi connectivity index (χ1) is 14.4. The molecule has 13 heteroatoms. The summed E-state index contributed by atoms with van der Waals surface area (Å²) in [6, 6.07) is 9.22. The van der Waals surface area contributed by atoms with Crippen molar-refractivity contribution < 1.29 is 31.5 Å². The van der Waals surface area contributed by atoms with Crippen molar-refractivity contribution in [2.45, 2.75) is 37.5 Å². The van der Waals surface area contributed by atoms with Crippen LogP contribution in [0.5, 0.6) is 0 Å². The maximum atomic E-state index is 13.0. The van der Waals surface area contributed by atoms with Gasteiger partial charge in [0, 0.05) is 11.9 Å². The van der Waals surface area contributed by atoms with Gasteiger partial charge in [-0.3, -0.25) is 14.9 Å². The SMILES string of the molecule is CC(C)[C@H](N[C@H]1C(=O)NS(=O)(=O)N1Cc1cccn1S(=O)(=O)c1ccccc1)C(=O)O. The van der Waals surface area contributed by atoms with Gasteiger partial charge in [-0.1, -0.05) is 32.0 Å². The highest BCUT2D eigenvalue weighted by atomic mass is 32.2. The minimum absolute atomic E-state index is 0.00588. The average molecular weight is 471 g/mol. The quantitative estimate of drug-likeness (QED) is 0.484. The highest BCUT2D eigenvalue weighted by Crippen LogP contribution is 2.22. The van der Waals surface area contributed by atoms with Gasteiger partial charge >= 0.3 is 16.2 Å². The van der Waals surface area contributed by atoms with E-state index in [1.165, 1.54) is 30.5 Å². The van der Waals surface area contributed by atoms with Gasteiger partial charge in [0.05, 0.1) is 11.4 Å². The molecule has 31 heavy (non-hydrogen) atoms. The van der Waals surface area contributed by atoms with Crippen molar-refractivity contribution in [3.05, 3.63) is 54.4 Å². The van der Waals surface area contributed by atoms with Crippen molar-refractivity contribution >= 4 is 32.1 Å². The maximum Gasteiger partial charge on any atom is 0.321 e. The normalized spacial score (nSPS) is 20.0. The number of carboxylic acid groups (broad SMARTS) is 1. The Balaban J connectivity index is 1.97. The second-order valence-electron chi connectivity index (χ2n) is 7.26. The molecule has 11 nitrogen and oxygen atoms in total. The number of carbonyl (C=O) groups is 2. The number of carbonyl (C=O) groups excluding carboxylic acids is 1. The molecule has 1 aromatic heterocycles. The van der Waals surface area contributed by atoms with E-state index >= 15 is 0 Å². The summed E-state index contributed by atoms with van der Waals surface area (Å²) in [7, 11) is -8.33. The van der Waals surface area contributed by atoms with Crippen molar-refractivity contribution in [2.75, 3.05) is 0 Å². The van der Waals surface area contributed by atoms with Crippen LogP contribution in [0.15, 0.2) is 53.6 Å². The van der Waals surface area contributed by atoms with E-state index in [1.54, 1.807) is 32.0 Å². The Hall–Kier alpha value is -2.74. The number of hydrogen-bond acceptors (Lipinski definition) is 7. The predicted octanol–water partition coefficient (Wildman–Crippen LogP) is -0.0734. The van der Waals surface area contributed by atoms with Crippen molar-refractivity contribution in [1.29, 1.82) is 0 Å². The summed E-state index contributed by atoms with van der Waals surface area (Å²) in [5, 5.41) is 11.9. The topological polar surface area (TPSA) is 155 Å². The minimum atomic E-state index is -4.32. The lowest BCUT2D eigenvalue weighted by molar-refractivity contribution is -0.141.